The average Bonchev–Trinajstić information content (AvgIpc) is 3.40. The summed E-state index contributed by atoms with van der Waals surface area (Å²) in [6.07, 6.45) is 1.59. The molecule has 1 atom stereocenters. The van der Waals surface area contributed by atoms with Crippen LogP contribution in [0.4, 0.5) is 23.2 Å². The van der Waals surface area contributed by atoms with Crippen molar-refractivity contribution in [2.75, 3.05) is 19.5 Å². The number of benzene rings is 4. The molecule has 1 amide bonds. The average molecular weight is 690 g/mol. The van der Waals surface area contributed by atoms with E-state index in [0.717, 1.165) is 11.3 Å². The minimum absolute atomic E-state index is 0.0913. The molecule has 0 saturated carbocycles. The first-order valence-corrected chi connectivity index (χ1v) is 15.6. The molecule has 250 valence electrons. The van der Waals surface area contributed by atoms with E-state index in [2.05, 4.69) is 10.3 Å². The number of halogens is 4. The van der Waals surface area contributed by atoms with Crippen LogP contribution in [0.15, 0.2) is 99.9 Å². The molecule has 0 spiro atoms. The Balaban J connectivity index is 1.41. The van der Waals surface area contributed by atoms with Crippen molar-refractivity contribution in [1.82, 2.24) is 4.57 Å². The minimum atomic E-state index is -1.67. The van der Waals surface area contributed by atoms with Crippen molar-refractivity contribution in [3.05, 3.63) is 150 Å². The van der Waals surface area contributed by atoms with Crippen LogP contribution in [-0.4, -0.2) is 24.7 Å². The fourth-order valence-electron chi connectivity index (χ4n) is 5.41. The number of nitrogens with zero attached hydrogens (tertiary/aromatic N) is 2. The van der Waals surface area contributed by atoms with Gasteiger partial charge in [-0.2, -0.15) is 8.78 Å². The second-order valence-electron chi connectivity index (χ2n) is 10.8. The van der Waals surface area contributed by atoms with E-state index in [4.69, 9.17) is 14.2 Å². The number of anilines is 1. The third-order valence-electron chi connectivity index (χ3n) is 7.78. The lowest BCUT2D eigenvalue weighted by Crippen LogP contribution is -2.40. The highest BCUT2D eigenvalue weighted by molar-refractivity contribution is 7.07. The fraction of sp³-hybridized carbons (Fsp3) is 0.139. The molecule has 2 heterocycles. The highest BCUT2D eigenvalue weighted by Crippen LogP contribution is 2.32. The minimum Gasteiger partial charge on any atom is -0.497 e. The normalized spacial score (nSPS) is 14.3. The van der Waals surface area contributed by atoms with Crippen LogP contribution in [0.25, 0.3) is 6.08 Å². The number of rotatable bonds is 9. The monoisotopic (exact) mass is 689 g/mol. The number of carbonyl (C=O) groups is 1. The molecule has 6 rings (SSSR count). The molecule has 49 heavy (non-hydrogen) atoms. The lowest BCUT2D eigenvalue weighted by molar-refractivity contribution is -0.113. The van der Waals surface area contributed by atoms with Gasteiger partial charge in [0.05, 0.1) is 36.1 Å². The van der Waals surface area contributed by atoms with Gasteiger partial charge in [0.15, 0.2) is 22.2 Å². The first kappa shape index (κ1) is 33.2. The maximum absolute atomic E-state index is 14.2. The van der Waals surface area contributed by atoms with Crippen LogP contribution in [0.3, 0.4) is 0 Å². The van der Waals surface area contributed by atoms with Crippen molar-refractivity contribution in [2.24, 2.45) is 4.99 Å². The van der Waals surface area contributed by atoms with E-state index in [1.54, 1.807) is 79.7 Å². The summed E-state index contributed by atoms with van der Waals surface area (Å²) in [6, 6.07) is 20.0. The number of thiazole rings is 1. The zero-order valence-corrected chi connectivity index (χ0v) is 27.0. The summed E-state index contributed by atoms with van der Waals surface area (Å²) in [4.78, 5) is 32.9. The summed E-state index contributed by atoms with van der Waals surface area (Å²) in [5.74, 6) is -7.32. The molecule has 0 saturated heterocycles. The fourth-order valence-corrected chi connectivity index (χ4v) is 6.46. The lowest BCUT2D eigenvalue weighted by Gasteiger charge is -2.25. The van der Waals surface area contributed by atoms with Crippen molar-refractivity contribution in [3.8, 4) is 17.2 Å². The van der Waals surface area contributed by atoms with Crippen LogP contribution >= 0.6 is 11.3 Å². The SMILES string of the molecule is COc1ccc(C2C(C(=O)Nc3ccccc3)=C(C)N=c3s/c(=C/c4ccc(OC)c(COc5c(F)c(F)cc(F)c5F)c4)c(=O)n32)cc1. The van der Waals surface area contributed by atoms with Crippen LogP contribution in [0.2, 0.25) is 0 Å². The number of methoxy groups -OCH3 is 2. The maximum atomic E-state index is 14.2. The Kier molecular flexibility index (Phi) is 9.36. The third-order valence-corrected chi connectivity index (χ3v) is 8.76. The van der Waals surface area contributed by atoms with E-state index < -0.39 is 53.1 Å². The summed E-state index contributed by atoms with van der Waals surface area (Å²) in [6.45, 7) is 1.19. The molecule has 1 aliphatic heterocycles. The Morgan fingerprint density at radius 1 is 0.939 bits per heavy atom. The summed E-state index contributed by atoms with van der Waals surface area (Å²) in [5, 5.41) is 2.90. The van der Waals surface area contributed by atoms with Gasteiger partial charge in [-0.25, -0.2) is 13.8 Å². The highest BCUT2D eigenvalue weighted by Gasteiger charge is 2.32. The van der Waals surface area contributed by atoms with Crippen molar-refractivity contribution < 1.29 is 36.6 Å². The summed E-state index contributed by atoms with van der Waals surface area (Å²) in [7, 11) is 2.90. The van der Waals surface area contributed by atoms with E-state index in [9.17, 15) is 27.2 Å². The number of amides is 1. The van der Waals surface area contributed by atoms with Gasteiger partial charge in [-0.1, -0.05) is 47.7 Å². The largest absolute Gasteiger partial charge is 0.497 e. The van der Waals surface area contributed by atoms with Gasteiger partial charge in [-0.05, 0) is 60.5 Å². The number of ether oxygens (including phenoxy) is 3. The molecule has 8 nitrogen and oxygen atoms in total. The van der Waals surface area contributed by atoms with E-state index >= 15 is 0 Å². The number of hydrogen-bond acceptors (Lipinski definition) is 7. The van der Waals surface area contributed by atoms with Gasteiger partial charge in [0.25, 0.3) is 11.5 Å². The van der Waals surface area contributed by atoms with Gasteiger partial charge in [-0.15, -0.1) is 0 Å². The summed E-state index contributed by atoms with van der Waals surface area (Å²) >= 11 is 1.11. The molecule has 1 unspecified atom stereocenters. The van der Waals surface area contributed by atoms with Crippen molar-refractivity contribution in [1.29, 1.82) is 0 Å². The topological polar surface area (TPSA) is 91.2 Å². The quantitative estimate of drug-likeness (QED) is 0.151. The number of carbonyl (C=O) groups excluding carboxylic acids is 1. The van der Waals surface area contributed by atoms with Crippen LogP contribution in [0.1, 0.15) is 29.7 Å². The Bertz CT molecular complexity index is 2260. The van der Waals surface area contributed by atoms with Gasteiger partial charge >= 0.3 is 0 Å². The van der Waals surface area contributed by atoms with Crippen molar-refractivity contribution in [2.45, 2.75) is 19.6 Å². The van der Waals surface area contributed by atoms with E-state index in [1.165, 1.54) is 18.8 Å². The van der Waals surface area contributed by atoms with Crippen LogP contribution in [0, 0.1) is 23.3 Å². The van der Waals surface area contributed by atoms with Crippen molar-refractivity contribution >= 4 is 29.0 Å². The molecular weight excluding hydrogens is 662 g/mol. The zero-order chi connectivity index (χ0) is 34.8. The molecule has 5 aromatic rings. The Labute approximate surface area is 280 Å². The molecular formula is C36H27F4N3O5S. The van der Waals surface area contributed by atoms with Gasteiger partial charge in [-0.3, -0.25) is 14.2 Å². The molecule has 1 N–H and O–H groups in total. The number of allylic oxidation sites excluding steroid dienone is 1. The third kappa shape index (κ3) is 6.57. The number of para-hydroxylation sites is 1. The summed E-state index contributed by atoms with van der Waals surface area (Å²) in [5.41, 5.74) is 2.28. The standard InChI is InChI=1S/C36H27F4N3O5S/c1-19-29(34(44)42-23-7-5-4-6-8-23)32(21-10-12-24(46-2)13-11-21)43-35(45)28(49-36(43)41-19)16-20-9-14-27(47-3)22(15-20)18-48-33-30(39)25(37)17-26(38)31(33)40/h4-17,32H,18H2,1-3H3,(H,42,44)/b28-16+. The smallest absolute Gasteiger partial charge is 0.271 e. The summed E-state index contributed by atoms with van der Waals surface area (Å²) < 4.78 is 73.5. The zero-order valence-electron chi connectivity index (χ0n) is 26.2. The molecule has 0 aliphatic carbocycles. The first-order chi connectivity index (χ1) is 23.6. The molecule has 13 heteroatoms. The molecule has 0 fully saturated rings. The van der Waals surface area contributed by atoms with E-state index in [1.807, 2.05) is 6.07 Å². The highest BCUT2D eigenvalue weighted by atomic mass is 32.1. The Hall–Kier alpha value is -5.69. The molecule has 4 aromatic carbocycles. The Morgan fingerprint density at radius 2 is 1.63 bits per heavy atom. The lowest BCUT2D eigenvalue weighted by atomic mass is 9.95. The molecule has 1 aliphatic rings. The number of fused-ring (bicyclic) bond motifs is 1. The predicted molar refractivity (Wildman–Crippen MR) is 175 cm³/mol. The molecule has 0 bridgehead atoms. The number of hydrogen-bond donors (Lipinski definition) is 1. The van der Waals surface area contributed by atoms with E-state index in [0.29, 0.717) is 33.1 Å². The Morgan fingerprint density at radius 3 is 2.29 bits per heavy atom. The van der Waals surface area contributed by atoms with Crippen LogP contribution in [-0.2, 0) is 11.4 Å². The van der Waals surface area contributed by atoms with Gasteiger partial charge in [0.1, 0.15) is 18.1 Å². The first-order valence-electron chi connectivity index (χ1n) is 14.7. The molecule has 0 radical (unpaired) electrons. The van der Waals surface area contributed by atoms with Gasteiger partial charge < -0.3 is 19.5 Å². The maximum Gasteiger partial charge on any atom is 0.271 e. The second kappa shape index (κ2) is 13.8. The van der Waals surface area contributed by atoms with Crippen LogP contribution < -0.4 is 34.4 Å². The van der Waals surface area contributed by atoms with Crippen LogP contribution in [0.5, 0.6) is 17.2 Å². The molecule has 1 aromatic heterocycles. The number of nitrogens with one attached hydrogen (secondary N) is 1. The van der Waals surface area contributed by atoms with E-state index in [-0.39, 0.29) is 27.5 Å². The predicted octanol–water partition coefficient (Wildman–Crippen LogP) is 6.03. The van der Waals surface area contributed by atoms with Gasteiger partial charge in [0, 0.05) is 17.3 Å². The van der Waals surface area contributed by atoms with Gasteiger partial charge in [0.2, 0.25) is 11.6 Å². The van der Waals surface area contributed by atoms with Crippen molar-refractivity contribution in [3.63, 3.8) is 0 Å². The second-order valence-corrected chi connectivity index (χ2v) is 11.8. The number of aromatic nitrogens is 1.